The SMILES string of the molecule is C=C[SiH](Cc1ccccc1)Oc1ccccc1. The van der Waals surface area contributed by atoms with E-state index in [1.54, 1.807) is 0 Å². The molecule has 0 radical (unpaired) electrons. The molecule has 1 unspecified atom stereocenters. The maximum atomic E-state index is 5.99. The number of para-hydroxylation sites is 1. The zero-order chi connectivity index (χ0) is 11.9. The zero-order valence-electron chi connectivity index (χ0n) is 9.75. The summed E-state index contributed by atoms with van der Waals surface area (Å²) in [4.78, 5) is 0. The second-order valence-electron chi connectivity index (χ2n) is 3.89. The maximum Gasteiger partial charge on any atom is 0.263 e. The van der Waals surface area contributed by atoms with Crippen molar-refractivity contribution in [2.45, 2.75) is 6.04 Å². The lowest BCUT2D eigenvalue weighted by Crippen LogP contribution is -2.22. The Morgan fingerprint density at radius 1 is 0.941 bits per heavy atom. The molecule has 0 fully saturated rings. The van der Waals surface area contributed by atoms with Crippen LogP contribution in [0.4, 0.5) is 0 Å². The molecule has 0 saturated heterocycles. The van der Waals surface area contributed by atoms with Gasteiger partial charge in [0.05, 0.1) is 0 Å². The van der Waals surface area contributed by atoms with Crippen LogP contribution >= 0.6 is 0 Å². The van der Waals surface area contributed by atoms with E-state index < -0.39 is 9.04 Å². The van der Waals surface area contributed by atoms with Crippen molar-refractivity contribution in [3.05, 3.63) is 78.5 Å². The highest BCUT2D eigenvalue weighted by Gasteiger charge is 2.09. The molecule has 17 heavy (non-hydrogen) atoms. The topological polar surface area (TPSA) is 9.23 Å². The van der Waals surface area contributed by atoms with Crippen LogP contribution in [0.1, 0.15) is 5.56 Å². The van der Waals surface area contributed by atoms with Gasteiger partial charge in [-0.1, -0.05) is 54.2 Å². The monoisotopic (exact) mass is 240 g/mol. The molecule has 0 heterocycles. The van der Waals surface area contributed by atoms with Crippen LogP contribution in [0.5, 0.6) is 5.75 Å². The van der Waals surface area contributed by atoms with Gasteiger partial charge in [0.2, 0.25) is 0 Å². The molecule has 2 rings (SSSR count). The Morgan fingerprint density at radius 2 is 1.53 bits per heavy atom. The highest BCUT2D eigenvalue weighted by atomic mass is 28.3. The molecule has 86 valence electrons. The second-order valence-corrected chi connectivity index (χ2v) is 6.09. The molecule has 0 spiro atoms. The number of hydrogen-bond donors (Lipinski definition) is 0. The van der Waals surface area contributed by atoms with Crippen molar-refractivity contribution in [2.24, 2.45) is 0 Å². The maximum absolute atomic E-state index is 5.99. The van der Waals surface area contributed by atoms with Crippen molar-refractivity contribution in [3.63, 3.8) is 0 Å². The van der Waals surface area contributed by atoms with Crippen molar-refractivity contribution < 1.29 is 4.43 Å². The summed E-state index contributed by atoms with van der Waals surface area (Å²) in [7, 11) is -1.40. The van der Waals surface area contributed by atoms with E-state index >= 15 is 0 Å². The van der Waals surface area contributed by atoms with Crippen LogP contribution in [0.15, 0.2) is 72.9 Å². The lowest BCUT2D eigenvalue weighted by Gasteiger charge is -2.14. The molecule has 0 aliphatic rings. The predicted molar refractivity (Wildman–Crippen MR) is 74.6 cm³/mol. The largest absolute Gasteiger partial charge is 0.542 e. The molecule has 0 aromatic heterocycles. The molecule has 0 bridgehead atoms. The van der Waals surface area contributed by atoms with E-state index in [-0.39, 0.29) is 0 Å². The third kappa shape index (κ3) is 3.61. The summed E-state index contributed by atoms with van der Waals surface area (Å²) < 4.78 is 5.99. The van der Waals surface area contributed by atoms with Gasteiger partial charge in [-0.15, -0.1) is 6.58 Å². The van der Waals surface area contributed by atoms with Crippen molar-refractivity contribution in [1.82, 2.24) is 0 Å². The first-order valence-electron chi connectivity index (χ1n) is 5.76. The first-order chi connectivity index (χ1) is 8.38. The van der Waals surface area contributed by atoms with Gasteiger partial charge in [0.1, 0.15) is 5.75 Å². The summed E-state index contributed by atoms with van der Waals surface area (Å²) in [6, 6.07) is 21.4. The summed E-state index contributed by atoms with van der Waals surface area (Å²) in [5, 5.41) is 0. The summed E-state index contributed by atoms with van der Waals surface area (Å²) in [5.41, 5.74) is 3.31. The fraction of sp³-hybridized carbons (Fsp3) is 0.0667. The van der Waals surface area contributed by atoms with E-state index in [4.69, 9.17) is 4.43 Å². The minimum absolute atomic E-state index is 0.944. The normalized spacial score (nSPS) is 11.8. The Morgan fingerprint density at radius 3 is 2.12 bits per heavy atom. The molecule has 1 nitrogen and oxygen atoms in total. The van der Waals surface area contributed by atoms with E-state index in [9.17, 15) is 0 Å². The summed E-state index contributed by atoms with van der Waals surface area (Å²) >= 11 is 0. The van der Waals surface area contributed by atoms with Crippen LogP contribution in [-0.2, 0) is 6.04 Å². The van der Waals surface area contributed by atoms with Crippen molar-refractivity contribution in [3.8, 4) is 5.75 Å². The van der Waals surface area contributed by atoms with E-state index in [2.05, 4.69) is 30.8 Å². The van der Waals surface area contributed by atoms with Gasteiger partial charge in [0.15, 0.2) is 0 Å². The van der Waals surface area contributed by atoms with Crippen molar-refractivity contribution >= 4 is 9.04 Å². The standard InChI is InChI=1S/C15H16OSi/c1-2-17(13-14-9-5-3-6-10-14)16-15-11-7-4-8-12-15/h2-12,17H,1,13H2. The average Bonchev–Trinajstić information content (AvgIpc) is 2.40. The molecule has 0 N–H and O–H groups in total. The Kier molecular flexibility index (Phi) is 4.16. The van der Waals surface area contributed by atoms with Gasteiger partial charge in [-0.25, -0.2) is 0 Å². The predicted octanol–water partition coefficient (Wildman–Crippen LogP) is 3.30. The highest BCUT2D eigenvalue weighted by molar-refractivity contribution is 6.57. The molecule has 2 aromatic rings. The van der Waals surface area contributed by atoms with Crippen LogP contribution in [0.25, 0.3) is 0 Å². The lowest BCUT2D eigenvalue weighted by atomic mass is 10.2. The van der Waals surface area contributed by atoms with Gasteiger partial charge < -0.3 is 4.43 Å². The molecule has 0 amide bonds. The Bertz CT molecular complexity index is 411. The fourth-order valence-electron chi connectivity index (χ4n) is 1.69. The quantitative estimate of drug-likeness (QED) is 0.729. The van der Waals surface area contributed by atoms with Crippen LogP contribution in [0.2, 0.25) is 0 Å². The smallest absolute Gasteiger partial charge is 0.263 e. The highest BCUT2D eigenvalue weighted by Crippen LogP contribution is 2.12. The van der Waals surface area contributed by atoms with Gasteiger partial charge >= 0.3 is 0 Å². The second kappa shape index (κ2) is 6.06. The van der Waals surface area contributed by atoms with Gasteiger partial charge in [-0.05, 0) is 17.7 Å². The number of hydrogen-bond acceptors (Lipinski definition) is 1. The summed E-state index contributed by atoms with van der Waals surface area (Å²) in [6.45, 7) is 3.89. The summed E-state index contributed by atoms with van der Waals surface area (Å²) in [5.74, 6) is 0.944. The molecular formula is C15H16OSi. The zero-order valence-corrected chi connectivity index (χ0v) is 10.9. The molecular weight excluding hydrogens is 224 g/mol. The van der Waals surface area contributed by atoms with E-state index in [1.165, 1.54) is 5.56 Å². The van der Waals surface area contributed by atoms with E-state index in [0.717, 1.165) is 11.8 Å². The minimum atomic E-state index is -1.40. The van der Waals surface area contributed by atoms with E-state index in [1.807, 2.05) is 42.1 Å². The third-order valence-corrected chi connectivity index (χ3v) is 4.55. The fourth-order valence-corrected chi connectivity index (χ4v) is 3.28. The Labute approximate surface area is 104 Å². The molecule has 0 saturated carbocycles. The number of rotatable bonds is 5. The average molecular weight is 240 g/mol. The van der Waals surface area contributed by atoms with Crippen LogP contribution < -0.4 is 4.43 Å². The van der Waals surface area contributed by atoms with Crippen LogP contribution in [0, 0.1) is 0 Å². The molecule has 1 atom stereocenters. The first kappa shape index (κ1) is 11.7. The van der Waals surface area contributed by atoms with Gasteiger partial charge in [0.25, 0.3) is 9.04 Å². The van der Waals surface area contributed by atoms with Crippen molar-refractivity contribution in [1.29, 1.82) is 0 Å². The molecule has 0 aliphatic heterocycles. The van der Waals surface area contributed by atoms with Gasteiger partial charge in [-0.2, -0.15) is 0 Å². The van der Waals surface area contributed by atoms with E-state index in [0.29, 0.717) is 0 Å². The van der Waals surface area contributed by atoms with Crippen LogP contribution in [-0.4, -0.2) is 9.04 Å². The Hall–Kier alpha value is -1.80. The molecule has 2 heteroatoms. The Balaban J connectivity index is 2.01. The lowest BCUT2D eigenvalue weighted by molar-refractivity contribution is 0.577. The summed E-state index contributed by atoms with van der Waals surface area (Å²) in [6.07, 6.45) is 0. The molecule has 2 aromatic carbocycles. The first-order valence-corrected chi connectivity index (χ1v) is 7.72. The van der Waals surface area contributed by atoms with Gasteiger partial charge in [-0.3, -0.25) is 0 Å². The van der Waals surface area contributed by atoms with Crippen LogP contribution in [0.3, 0.4) is 0 Å². The van der Waals surface area contributed by atoms with Gasteiger partial charge in [0, 0.05) is 6.04 Å². The number of benzene rings is 2. The van der Waals surface area contributed by atoms with Crippen molar-refractivity contribution in [2.75, 3.05) is 0 Å². The molecule has 0 aliphatic carbocycles. The minimum Gasteiger partial charge on any atom is -0.542 e. The third-order valence-electron chi connectivity index (χ3n) is 2.57.